The van der Waals surface area contributed by atoms with E-state index >= 15 is 0 Å². The zero-order valence-electron chi connectivity index (χ0n) is 12.4. The standard InChI is InChI=1S/C15H28OSi/c1-8-9-13-11-14(10-12(13)2)16-17(6,7)15(3,4)5/h8,14H,1,9-11H2,2-7H3. The number of rotatable bonds is 4. The second-order valence-electron chi connectivity index (χ2n) is 6.79. The summed E-state index contributed by atoms with van der Waals surface area (Å²) in [4.78, 5) is 0. The minimum absolute atomic E-state index is 0.308. The lowest BCUT2D eigenvalue weighted by Gasteiger charge is -2.38. The van der Waals surface area contributed by atoms with Crippen LogP contribution in [0.1, 0.15) is 47.0 Å². The maximum absolute atomic E-state index is 6.47. The van der Waals surface area contributed by atoms with E-state index in [1.807, 2.05) is 6.08 Å². The van der Waals surface area contributed by atoms with Gasteiger partial charge >= 0.3 is 0 Å². The number of allylic oxidation sites excluding steroid dienone is 1. The van der Waals surface area contributed by atoms with Crippen LogP contribution in [0.25, 0.3) is 0 Å². The van der Waals surface area contributed by atoms with E-state index in [1.165, 1.54) is 5.57 Å². The lowest BCUT2D eigenvalue weighted by molar-refractivity contribution is 0.190. The summed E-state index contributed by atoms with van der Waals surface area (Å²) < 4.78 is 6.47. The molecule has 1 aliphatic carbocycles. The van der Waals surface area contributed by atoms with Crippen molar-refractivity contribution in [1.82, 2.24) is 0 Å². The summed E-state index contributed by atoms with van der Waals surface area (Å²) in [7, 11) is -1.60. The third kappa shape index (κ3) is 3.56. The Balaban J connectivity index is 2.61. The van der Waals surface area contributed by atoms with E-state index in [1.54, 1.807) is 5.57 Å². The first-order valence-corrected chi connectivity index (χ1v) is 9.54. The number of hydrogen-bond donors (Lipinski definition) is 0. The highest BCUT2D eigenvalue weighted by Crippen LogP contribution is 2.40. The van der Waals surface area contributed by atoms with Crippen LogP contribution in [-0.4, -0.2) is 14.4 Å². The third-order valence-corrected chi connectivity index (χ3v) is 8.80. The fourth-order valence-electron chi connectivity index (χ4n) is 2.12. The van der Waals surface area contributed by atoms with E-state index in [4.69, 9.17) is 4.43 Å². The Kier molecular flexibility index (Phi) is 4.42. The van der Waals surface area contributed by atoms with Crippen LogP contribution in [0.2, 0.25) is 18.1 Å². The van der Waals surface area contributed by atoms with E-state index in [0.717, 1.165) is 19.3 Å². The summed E-state index contributed by atoms with van der Waals surface area (Å²) in [6.45, 7) is 17.7. The summed E-state index contributed by atoms with van der Waals surface area (Å²) in [6.07, 6.45) is 5.70. The van der Waals surface area contributed by atoms with Crippen LogP contribution in [0.5, 0.6) is 0 Å². The van der Waals surface area contributed by atoms with Crippen molar-refractivity contribution in [2.75, 3.05) is 0 Å². The lowest BCUT2D eigenvalue weighted by Crippen LogP contribution is -2.43. The molecular formula is C15H28OSi. The van der Waals surface area contributed by atoms with E-state index in [0.29, 0.717) is 11.1 Å². The third-order valence-electron chi connectivity index (χ3n) is 4.27. The first-order chi connectivity index (χ1) is 7.67. The SMILES string of the molecule is C=CCC1=C(C)CC(O[Si](C)(C)C(C)(C)C)C1. The molecule has 1 aliphatic rings. The van der Waals surface area contributed by atoms with Crippen molar-refractivity contribution in [3.63, 3.8) is 0 Å². The topological polar surface area (TPSA) is 9.23 Å². The molecule has 0 amide bonds. The van der Waals surface area contributed by atoms with E-state index < -0.39 is 8.32 Å². The minimum atomic E-state index is -1.60. The maximum atomic E-state index is 6.47. The van der Waals surface area contributed by atoms with Gasteiger partial charge in [-0.05, 0) is 44.3 Å². The Labute approximate surface area is 108 Å². The monoisotopic (exact) mass is 252 g/mol. The molecule has 0 aromatic heterocycles. The highest BCUT2D eigenvalue weighted by molar-refractivity contribution is 6.74. The first kappa shape index (κ1) is 14.7. The summed E-state index contributed by atoms with van der Waals surface area (Å²) in [5, 5.41) is 0.308. The van der Waals surface area contributed by atoms with Crippen LogP contribution in [-0.2, 0) is 4.43 Å². The van der Waals surface area contributed by atoms with Gasteiger partial charge < -0.3 is 4.43 Å². The van der Waals surface area contributed by atoms with Gasteiger partial charge in [0.05, 0.1) is 6.10 Å². The van der Waals surface area contributed by atoms with Crippen molar-refractivity contribution < 1.29 is 4.43 Å². The van der Waals surface area contributed by atoms with Gasteiger partial charge in [-0.15, -0.1) is 6.58 Å². The van der Waals surface area contributed by atoms with Gasteiger partial charge in [0.25, 0.3) is 0 Å². The smallest absolute Gasteiger partial charge is 0.192 e. The van der Waals surface area contributed by atoms with Crippen molar-refractivity contribution in [3.05, 3.63) is 23.8 Å². The minimum Gasteiger partial charge on any atom is -0.413 e. The van der Waals surface area contributed by atoms with Crippen molar-refractivity contribution in [3.8, 4) is 0 Å². The quantitative estimate of drug-likeness (QED) is 0.502. The molecule has 98 valence electrons. The fraction of sp³-hybridized carbons (Fsp3) is 0.733. The Morgan fingerprint density at radius 3 is 2.41 bits per heavy atom. The van der Waals surface area contributed by atoms with Crippen molar-refractivity contribution in [2.45, 2.75) is 71.2 Å². The second kappa shape index (κ2) is 5.11. The van der Waals surface area contributed by atoms with Gasteiger partial charge in [0.2, 0.25) is 0 Å². The molecule has 0 aliphatic heterocycles. The zero-order valence-corrected chi connectivity index (χ0v) is 13.4. The molecule has 0 aromatic rings. The Morgan fingerprint density at radius 2 is 1.94 bits per heavy atom. The fourth-order valence-corrected chi connectivity index (χ4v) is 3.47. The van der Waals surface area contributed by atoms with Crippen LogP contribution < -0.4 is 0 Å². The van der Waals surface area contributed by atoms with Crippen LogP contribution >= 0.6 is 0 Å². The molecule has 0 heterocycles. The average Bonchev–Trinajstić information content (AvgIpc) is 2.44. The van der Waals surface area contributed by atoms with Gasteiger partial charge in [0.15, 0.2) is 8.32 Å². The van der Waals surface area contributed by atoms with Gasteiger partial charge in [-0.1, -0.05) is 38.0 Å². The summed E-state index contributed by atoms with van der Waals surface area (Å²) in [5.74, 6) is 0. The molecule has 0 N–H and O–H groups in total. The molecule has 0 saturated carbocycles. The normalized spacial score (nSPS) is 22.1. The van der Waals surface area contributed by atoms with Gasteiger partial charge in [-0.2, -0.15) is 0 Å². The van der Waals surface area contributed by atoms with Crippen molar-refractivity contribution in [2.24, 2.45) is 0 Å². The van der Waals surface area contributed by atoms with Gasteiger partial charge in [-0.25, -0.2) is 0 Å². The molecule has 1 nitrogen and oxygen atoms in total. The Bertz CT molecular complexity index is 320. The zero-order chi connectivity index (χ0) is 13.3. The molecule has 0 spiro atoms. The first-order valence-electron chi connectivity index (χ1n) is 6.63. The molecule has 1 rings (SSSR count). The van der Waals surface area contributed by atoms with Gasteiger partial charge in [0, 0.05) is 0 Å². The van der Waals surface area contributed by atoms with Crippen LogP contribution in [0.4, 0.5) is 0 Å². The Hall–Kier alpha value is -0.343. The molecule has 0 aromatic carbocycles. The highest BCUT2D eigenvalue weighted by Gasteiger charge is 2.40. The molecule has 0 radical (unpaired) electrons. The molecule has 0 saturated heterocycles. The molecule has 1 atom stereocenters. The lowest BCUT2D eigenvalue weighted by atomic mass is 10.1. The molecular weight excluding hydrogens is 224 g/mol. The Morgan fingerprint density at radius 1 is 1.35 bits per heavy atom. The second-order valence-corrected chi connectivity index (χ2v) is 11.5. The maximum Gasteiger partial charge on any atom is 0.192 e. The molecule has 0 fully saturated rings. The predicted molar refractivity (Wildman–Crippen MR) is 78.8 cm³/mol. The summed E-state index contributed by atoms with van der Waals surface area (Å²) in [5.41, 5.74) is 3.07. The van der Waals surface area contributed by atoms with E-state index in [9.17, 15) is 0 Å². The van der Waals surface area contributed by atoms with Crippen LogP contribution in [0, 0.1) is 0 Å². The van der Waals surface area contributed by atoms with E-state index in [-0.39, 0.29) is 0 Å². The largest absolute Gasteiger partial charge is 0.413 e. The molecule has 2 heteroatoms. The molecule has 1 unspecified atom stereocenters. The van der Waals surface area contributed by atoms with Crippen LogP contribution in [0.15, 0.2) is 23.8 Å². The molecule has 17 heavy (non-hydrogen) atoms. The van der Waals surface area contributed by atoms with Gasteiger partial charge in [-0.3, -0.25) is 0 Å². The molecule has 0 bridgehead atoms. The average molecular weight is 252 g/mol. The highest BCUT2D eigenvalue weighted by atomic mass is 28.4. The van der Waals surface area contributed by atoms with Crippen molar-refractivity contribution >= 4 is 8.32 Å². The summed E-state index contributed by atoms with van der Waals surface area (Å²) >= 11 is 0. The van der Waals surface area contributed by atoms with Gasteiger partial charge in [0.1, 0.15) is 0 Å². The predicted octanol–water partition coefficient (Wildman–Crippen LogP) is 5.06. The summed E-state index contributed by atoms with van der Waals surface area (Å²) in [6, 6.07) is 0. The number of hydrogen-bond acceptors (Lipinski definition) is 1. The van der Waals surface area contributed by atoms with Crippen molar-refractivity contribution in [1.29, 1.82) is 0 Å². The van der Waals surface area contributed by atoms with E-state index in [2.05, 4.69) is 47.4 Å². The van der Waals surface area contributed by atoms with Crippen LogP contribution in [0.3, 0.4) is 0 Å².